The van der Waals surface area contributed by atoms with E-state index in [2.05, 4.69) is 5.43 Å². The smallest absolute Gasteiger partial charge is 0.121 e. The Morgan fingerprint density at radius 3 is 2.70 bits per heavy atom. The molecule has 0 fully saturated rings. The van der Waals surface area contributed by atoms with Crippen LogP contribution in [0.3, 0.4) is 0 Å². The summed E-state index contributed by atoms with van der Waals surface area (Å²) in [7, 11) is 0. The molecule has 0 aliphatic carbocycles. The highest BCUT2D eigenvalue weighted by molar-refractivity contribution is 7.16. The number of nitrogens with two attached hydrogens (primary N) is 1. The molecular weight excluding hydrogens is 315 g/mol. The lowest BCUT2D eigenvalue weighted by Crippen LogP contribution is -2.46. The Balaban J connectivity index is 1.99. The number of ether oxygens (including phenoxy) is 1. The average molecular weight is 331 g/mol. The second-order valence-corrected chi connectivity index (χ2v) is 6.70. The van der Waals surface area contributed by atoms with Gasteiger partial charge in [0.25, 0.3) is 0 Å². The largest absolute Gasteiger partial charge is 0.489 e. The molecule has 2 unspecified atom stereocenters. The van der Waals surface area contributed by atoms with Crippen molar-refractivity contribution >= 4 is 34.5 Å². The van der Waals surface area contributed by atoms with E-state index >= 15 is 0 Å². The van der Waals surface area contributed by atoms with Crippen LogP contribution in [0.5, 0.6) is 5.75 Å². The van der Waals surface area contributed by atoms with Crippen LogP contribution in [0.15, 0.2) is 36.4 Å². The van der Waals surface area contributed by atoms with Gasteiger partial charge in [-0.25, -0.2) is 0 Å². The predicted octanol–water partition coefficient (Wildman–Crippen LogP) is 3.90. The first kappa shape index (κ1) is 15.6. The third-order valence-corrected chi connectivity index (χ3v) is 4.44. The summed E-state index contributed by atoms with van der Waals surface area (Å²) in [5, 5.41) is 0.650. The van der Waals surface area contributed by atoms with Crippen LogP contribution in [0, 0.1) is 0 Å². The van der Waals surface area contributed by atoms with Gasteiger partial charge in [-0.1, -0.05) is 29.3 Å². The van der Waals surface area contributed by atoms with Gasteiger partial charge in [-0.2, -0.15) is 0 Å². The van der Waals surface area contributed by atoms with Gasteiger partial charge >= 0.3 is 0 Å². The summed E-state index contributed by atoms with van der Waals surface area (Å²) in [5.74, 6) is 6.36. The van der Waals surface area contributed by atoms with Crippen LogP contribution >= 0.6 is 34.5 Å². The summed E-state index contributed by atoms with van der Waals surface area (Å²) in [6.07, 6.45) is 0.662. The minimum Gasteiger partial charge on any atom is -0.489 e. The summed E-state index contributed by atoms with van der Waals surface area (Å²) >= 11 is 13.4. The molecular formula is C14H16Cl2N2OS. The number of halogens is 2. The lowest BCUT2D eigenvalue weighted by molar-refractivity contribution is 0.170. The molecule has 1 aromatic carbocycles. The standard InChI is InChI=1S/C14H16Cl2N2OS/c1-9(19-11-4-2-3-10(15)7-11)13(18-17)8-12-5-6-14(16)20-12/h2-7,9,13,18H,8,17H2,1H3. The van der Waals surface area contributed by atoms with Crippen molar-refractivity contribution in [2.24, 2.45) is 5.84 Å². The van der Waals surface area contributed by atoms with Gasteiger partial charge in [-0.05, 0) is 37.3 Å². The zero-order valence-corrected chi connectivity index (χ0v) is 13.3. The van der Waals surface area contributed by atoms with Crippen LogP contribution in [0.25, 0.3) is 0 Å². The second-order valence-electron chi connectivity index (χ2n) is 4.46. The Morgan fingerprint density at radius 1 is 1.30 bits per heavy atom. The Kier molecular flexibility index (Phi) is 5.69. The molecule has 0 saturated carbocycles. The molecule has 0 aliphatic heterocycles. The molecule has 2 atom stereocenters. The Bertz CT molecular complexity index is 562. The van der Waals surface area contributed by atoms with Crippen LogP contribution in [-0.2, 0) is 6.42 Å². The molecule has 1 aromatic heterocycles. The van der Waals surface area contributed by atoms with Crippen molar-refractivity contribution in [3.8, 4) is 5.75 Å². The van der Waals surface area contributed by atoms with Crippen LogP contribution in [-0.4, -0.2) is 12.1 Å². The van der Waals surface area contributed by atoms with Crippen LogP contribution in [0.2, 0.25) is 9.36 Å². The number of hydrazine groups is 1. The lowest BCUT2D eigenvalue weighted by atomic mass is 10.1. The van der Waals surface area contributed by atoms with E-state index in [-0.39, 0.29) is 12.1 Å². The first-order valence-electron chi connectivity index (χ1n) is 6.21. The maximum absolute atomic E-state index is 5.94. The molecule has 2 aromatic rings. The molecule has 20 heavy (non-hydrogen) atoms. The second kappa shape index (κ2) is 7.29. The summed E-state index contributed by atoms with van der Waals surface area (Å²) in [6.45, 7) is 1.97. The lowest BCUT2D eigenvalue weighted by Gasteiger charge is -2.24. The maximum atomic E-state index is 5.94. The quantitative estimate of drug-likeness (QED) is 0.623. The van der Waals surface area contributed by atoms with Crippen molar-refractivity contribution < 1.29 is 4.74 Å². The first-order valence-corrected chi connectivity index (χ1v) is 7.78. The number of hydrogen-bond acceptors (Lipinski definition) is 4. The number of nitrogens with one attached hydrogen (secondary N) is 1. The van der Waals surface area contributed by atoms with Crippen LogP contribution in [0.1, 0.15) is 11.8 Å². The van der Waals surface area contributed by atoms with E-state index in [9.17, 15) is 0 Å². The zero-order valence-electron chi connectivity index (χ0n) is 11.0. The highest BCUT2D eigenvalue weighted by atomic mass is 35.5. The monoisotopic (exact) mass is 330 g/mol. The molecule has 2 rings (SSSR count). The molecule has 0 spiro atoms. The van der Waals surface area contributed by atoms with Crippen LogP contribution < -0.4 is 16.0 Å². The molecule has 0 bridgehead atoms. The molecule has 0 aliphatic rings. The van der Waals surface area contributed by atoms with E-state index < -0.39 is 0 Å². The predicted molar refractivity (Wildman–Crippen MR) is 85.7 cm³/mol. The summed E-state index contributed by atoms with van der Waals surface area (Å²) < 4.78 is 6.65. The van der Waals surface area contributed by atoms with Gasteiger partial charge in [0, 0.05) is 16.3 Å². The Morgan fingerprint density at radius 2 is 2.10 bits per heavy atom. The SMILES string of the molecule is CC(Oc1cccc(Cl)c1)C(Cc1ccc(Cl)s1)NN. The van der Waals surface area contributed by atoms with Crippen molar-refractivity contribution in [1.29, 1.82) is 0 Å². The number of benzene rings is 1. The number of hydrogen-bond donors (Lipinski definition) is 2. The molecule has 108 valence electrons. The van der Waals surface area contributed by atoms with E-state index in [1.54, 1.807) is 17.4 Å². The average Bonchev–Trinajstić information content (AvgIpc) is 2.81. The maximum Gasteiger partial charge on any atom is 0.121 e. The fraction of sp³-hybridized carbons (Fsp3) is 0.286. The minimum atomic E-state index is -0.0978. The van der Waals surface area contributed by atoms with E-state index in [4.69, 9.17) is 33.8 Å². The van der Waals surface area contributed by atoms with Gasteiger partial charge in [0.15, 0.2) is 0 Å². The number of thiophene rings is 1. The number of rotatable bonds is 6. The highest BCUT2D eigenvalue weighted by Crippen LogP contribution is 2.24. The van der Waals surface area contributed by atoms with E-state index in [1.807, 2.05) is 37.3 Å². The van der Waals surface area contributed by atoms with E-state index in [1.165, 1.54) is 4.88 Å². The van der Waals surface area contributed by atoms with Gasteiger partial charge in [0.05, 0.1) is 10.4 Å². The first-order chi connectivity index (χ1) is 9.58. The molecule has 3 N–H and O–H groups in total. The molecule has 3 nitrogen and oxygen atoms in total. The summed E-state index contributed by atoms with van der Waals surface area (Å²) in [5.41, 5.74) is 2.80. The fourth-order valence-electron chi connectivity index (χ4n) is 1.88. The topological polar surface area (TPSA) is 47.3 Å². The Labute approximate surface area is 132 Å². The molecule has 0 saturated heterocycles. The van der Waals surface area contributed by atoms with Crippen molar-refractivity contribution in [2.75, 3.05) is 0 Å². The van der Waals surface area contributed by atoms with Crippen molar-refractivity contribution in [3.05, 3.63) is 50.6 Å². The van der Waals surface area contributed by atoms with E-state index in [0.29, 0.717) is 5.02 Å². The van der Waals surface area contributed by atoms with Gasteiger partial charge in [0.2, 0.25) is 0 Å². The van der Waals surface area contributed by atoms with Crippen molar-refractivity contribution in [3.63, 3.8) is 0 Å². The third kappa shape index (κ3) is 4.36. The van der Waals surface area contributed by atoms with Gasteiger partial charge in [0.1, 0.15) is 11.9 Å². The Hall–Kier alpha value is -0.780. The van der Waals surface area contributed by atoms with Gasteiger partial charge < -0.3 is 4.74 Å². The van der Waals surface area contributed by atoms with E-state index in [0.717, 1.165) is 16.5 Å². The highest BCUT2D eigenvalue weighted by Gasteiger charge is 2.19. The minimum absolute atomic E-state index is 0.0105. The normalized spacial score (nSPS) is 14.0. The summed E-state index contributed by atoms with van der Waals surface area (Å²) in [6, 6.07) is 11.2. The third-order valence-electron chi connectivity index (χ3n) is 2.95. The molecule has 6 heteroatoms. The van der Waals surface area contributed by atoms with Crippen LogP contribution in [0.4, 0.5) is 0 Å². The molecule has 0 amide bonds. The molecule has 0 radical (unpaired) electrons. The zero-order chi connectivity index (χ0) is 14.5. The fourth-order valence-corrected chi connectivity index (χ4v) is 3.20. The van der Waals surface area contributed by atoms with Gasteiger partial charge in [-0.15, -0.1) is 11.3 Å². The van der Waals surface area contributed by atoms with Crippen molar-refractivity contribution in [2.45, 2.75) is 25.5 Å². The summed E-state index contributed by atoms with van der Waals surface area (Å²) in [4.78, 5) is 1.17. The molecule has 1 heterocycles. The van der Waals surface area contributed by atoms with Crippen molar-refractivity contribution in [1.82, 2.24) is 5.43 Å². The van der Waals surface area contributed by atoms with Gasteiger partial charge in [-0.3, -0.25) is 11.3 Å².